The average molecular weight is 530 g/mol. The highest BCUT2D eigenvalue weighted by Gasteiger charge is 2.18. The number of nitrogens with zero attached hydrogens (tertiary/aromatic N) is 2. The Morgan fingerprint density at radius 1 is 0.897 bits per heavy atom. The fourth-order valence-electron chi connectivity index (χ4n) is 2.26. The maximum Gasteiger partial charge on any atom is 0.303 e. The lowest BCUT2D eigenvalue weighted by Gasteiger charge is -2.15. The molecule has 0 aliphatic rings. The number of hydrogen-bond donors (Lipinski definition) is 1. The standard InChI is InChI=1S/C11H12BrNO3.C9H10BrNO2/c1-7(14)6-10(16-8(2)15)9-4-3-5-11(12)13-9;1-6(12)5-8(13)7-3-2-4-9(10)11-7/h3-5,10H,6H2,1-2H3;2-4,8,13H,5H2,1H3. The van der Waals surface area contributed by atoms with Gasteiger partial charge in [-0.1, -0.05) is 12.1 Å². The first-order valence-corrected chi connectivity index (χ1v) is 10.3. The second-order valence-corrected chi connectivity index (χ2v) is 7.82. The van der Waals surface area contributed by atoms with Crippen LogP contribution in [0.25, 0.3) is 0 Å². The van der Waals surface area contributed by atoms with Crippen molar-refractivity contribution < 1.29 is 24.2 Å². The fraction of sp³-hybridized carbons (Fsp3) is 0.350. The lowest BCUT2D eigenvalue weighted by molar-refractivity contribution is -0.148. The molecule has 0 fully saturated rings. The van der Waals surface area contributed by atoms with Crippen LogP contribution in [0.5, 0.6) is 0 Å². The van der Waals surface area contributed by atoms with E-state index < -0.39 is 18.2 Å². The predicted octanol–water partition coefficient (Wildman–Crippen LogP) is 4.28. The van der Waals surface area contributed by atoms with Crippen molar-refractivity contribution in [3.63, 3.8) is 0 Å². The number of halogens is 2. The number of aliphatic hydroxyl groups excluding tert-OH is 1. The minimum atomic E-state index is -0.796. The Morgan fingerprint density at radius 2 is 1.38 bits per heavy atom. The number of carbonyl (C=O) groups excluding carboxylic acids is 3. The van der Waals surface area contributed by atoms with Crippen LogP contribution < -0.4 is 0 Å². The summed E-state index contributed by atoms with van der Waals surface area (Å²) in [5.74, 6) is -0.518. The van der Waals surface area contributed by atoms with Gasteiger partial charge in [-0.2, -0.15) is 0 Å². The zero-order valence-electron chi connectivity index (χ0n) is 16.3. The van der Waals surface area contributed by atoms with E-state index in [4.69, 9.17) is 4.74 Å². The van der Waals surface area contributed by atoms with Crippen LogP contribution in [-0.2, 0) is 19.1 Å². The molecule has 29 heavy (non-hydrogen) atoms. The smallest absolute Gasteiger partial charge is 0.303 e. The van der Waals surface area contributed by atoms with Crippen LogP contribution in [0.4, 0.5) is 0 Å². The van der Waals surface area contributed by atoms with Crippen molar-refractivity contribution in [1.29, 1.82) is 0 Å². The summed E-state index contributed by atoms with van der Waals surface area (Å²) in [5, 5.41) is 9.51. The van der Waals surface area contributed by atoms with Gasteiger partial charge in [-0.15, -0.1) is 0 Å². The second-order valence-electron chi connectivity index (χ2n) is 6.20. The highest BCUT2D eigenvalue weighted by atomic mass is 79.9. The topological polar surface area (TPSA) is 106 Å². The summed E-state index contributed by atoms with van der Waals surface area (Å²) < 4.78 is 6.36. The number of pyridine rings is 2. The van der Waals surface area contributed by atoms with E-state index >= 15 is 0 Å². The van der Waals surface area contributed by atoms with Crippen LogP contribution in [0.2, 0.25) is 0 Å². The largest absolute Gasteiger partial charge is 0.456 e. The van der Waals surface area contributed by atoms with Crippen LogP contribution in [0, 0.1) is 0 Å². The highest BCUT2D eigenvalue weighted by Crippen LogP contribution is 2.21. The van der Waals surface area contributed by atoms with Crippen molar-refractivity contribution in [3.8, 4) is 0 Å². The molecule has 0 saturated carbocycles. The minimum absolute atomic E-state index is 0.0470. The molecule has 2 unspecified atom stereocenters. The molecule has 1 N–H and O–H groups in total. The monoisotopic (exact) mass is 528 g/mol. The number of ketones is 2. The van der Waals surface area contributed by atoms with Gasteiger partial charge in [0.25, 0.3) is 0 Å². The van der Waals surface area contributed by atoms with Gasteiger partial charge < -0.3 is 9.84 Å². The molecule has 2 aromatic rings. The third kappa shape index (κ3) is 10.4. The van der Waals surface area contributed by atoms with E-state index in [1.54, 1.807) is 36.4 Å². The SMILES string of the molecule is CC(=O)CC(O)c1cccc(Br)n1.CC(=O)CC(OC(C)=O)c1cccc(Br)n1. The Kier molecular flexibility index (Phi) is 10.9. The third-order valence-electron chi connectivity index (χ3n) is 3.41. The molecule has 0 bridgehead atoms. The Hall–Kier alpha value is -1.97. The normalized spacial score (nSPS) is 12.2. The zero-order valence-corrected chi connectivity index (χ0v) is 19.4. The van der Waals surface area contributed by atoms with Crippen LogP contribution in [-0.4, -0.2) is 32.6 Å². The molecule has 2 atom stereocenters. The van der Waals surface area contributed by atoms with E-state index in [0.29, 0.717) is 20.6 Å². The van der Waals surface area contributed by atoms with Gasteiger partial charge in [0, 0.05) is 19.8 Å². The van der Waals surface area contributed by atoms with E-state index in [9.17, 15) is 19.5 Å². The average Bonchev–Trinajstić information content (AvgIpc) is 2.60. The van der Waals surface area contributed by atoms with Crippen LogP contribution >= 0.6 is 31.9 Å². The van der Waals surface area contributed by atoms with Gasteiger partial charge >= 0.3 is 5.97 Å². The molecule has 0 radical (unpaired) electrons. The number of esters is 1. The summed E-state index contributed by atoms with van der Waals surface area (Å²) in [6, 6.07) is 10.5. The Morgan fingerprint density at radius 3 is 1.83 bits per heavy atom. The Bertz CT molecular complexity index is 844. The van der Waals surface area contributed by atoms with Gasteiger partial charge in [0.05, 0.1) is 11.4 Å². The van der Waals surface area contributed by atoms with Gasteiger partial charge in [-0.3, -0.25) is 14.4 Å². The van der Waals surface area contributed by atoms with E-state index in [-0.39, 0.29) is 24.4 Å². The summed E-state index contributed by atoms with van der Waals surface area (Å²) in [7, 11) is 0. The number of carbonyl (C=O) groups is 3. The molecule has 0 saturated heterocycles. The molecule has 0 aromatic carbocycles. The number of Topliss-reactive ketones (excluding diaryl/α,β-unsaturated/α-hetero) is 2. The number of aliphatic hydroxyl groups is 1. The first kappa shape index (κ1) is 25.1. The summed E-state index contributed by atoms with van der Waals surface area (Å²) in [6.45, 7) is 4.21. The molecule has 0 spiro atoms. The molecule has 0 aliphatic heterocycles. The first-order valence-electron chi connectivity index (χ1n) is 8.67. The minimum Gasteiger partial charge on any atom is -0.456 e. The van der Waals surface area contributed by atoms with Crippen molar-refractivity contribution in [2.24, 2.45) is 0 Å². The van der Waals surface area contributed by atoms with Crippen molar-refractivity contribution in [2.45, 2.75) is 45.8 Å². The fourth-order valence-corrected chi connectivity index (χ4v) is 2.97. The summed E-state index contributed by atoms with van der Waals surface area (Å²) in [4.78, 5) is 40.9. The molecule has 7 nitrogen and oxygen atoms in total. The second kappa shape index (κ2) is 12.6. The zero-order chi connectivity index (χ0) is 22.0. The maximum atomic E-state index is 11.1. The summed E-state index contributed by atoms with van der Waals surface area (Å²) >= 11 is 6.42. The first-order chi connectivity index (χ1) is 13.6. The van der Waals surface area contributed by atoms with Gasteiger partial charge in [-0.05, 0) is 70.0 Å². The molecule has 2 aromatic heterocycles. The highest BCUT2D eigenvalue weighted by molar-refractivity contribution is 9.10. The van der Waals surface area contributed by atoms with Gasteiger partial charge in [0.1, 0.15) is 26.9 Å². The molecular formula is C20H22Br2N2O5. The molecule has 156 valence electrons. The van der Waals surface area contributed by atoms with Gasteiger partial charge in [0.2, 0.25) is 0 Å². The lowest BCUT2D eigenvalue weighted by atomic mass is 10.1. The summed E-state index contributed by atoms with van der Waals surface area (Å²) in [6.07, 6.45) is -1.14. The van der Waals surface area contributed by atoms with Gasteiger partial charge in [-0.25, -0.2) is 9.97 Å². The number of rotatable bonds is 7. The predicted molar refractivity (Wildman–Crippen MR) is 114 cm³/mol. The van der Waals surface area contributed by atoms with Crippen LogP contribution in [0.15, 0.2) is 45.6 Å². The van der Waals surface area contributed by atoms with Crippen LogP contribution in [0.1, 0.15) is 57.2 Å². The molecule has 2 rings (SSSR count). The van der Waals surface area contributed by atoms with E-state index in [1.165, 1.54) is 20.8 Å². The lowest BCUT2D eigenvalue weighted by Crippen LogP contribution is -2.13. The van der Waals surface area contributed by atoms with Crippen molar-refractivity contribution >= 4 is 49.4 Å². The van der Waals surface area contributed by atoms with E-state index in [2.05, 4.69) is 41.8 Å². The number of hydrogen-bond acceptors (Lipinski definition) is 7. The summed E-state index contributed by atoms with van der Waals surface area (Å²) in [5.41, 5.74) is 1.09. The number of aromatic nitrogens is 2. The molecule has 2 heterocycles. The van der Waals surface area contributed by atoms with Crippen molar-refractivity contribution in [3.05, 3.63) is 57.0 Å². The van der Waals surface area contributed by atoms with Crippen molar-refractivity contribution in [1.82, 2.24) is 9.97 Å². The van der Waals surface area contributed by atoms with E-state index in [1.807, 2.05) is 0 Å². The maximum absolute atomic E-state index is 11.1. The molecule has 0 amide bonds. The number of ether oxygens (including phenoxy) is 1. The van der Waals surface area contributed by atoms with Crippen molar-refractivity contribution in [2.75, 3.05) is 0 Å². The Labute approximate surface area is 186 Å². The Balaban J connectivity index is 0.000000296. The third-order valence-corrected chi connectivity index (χ3v) is 4.29. The van der Waals surface area contributed by atoms with E-state index in [0.717, 1.165) is 0 Å². The quantitative estimate of drug-likeness (QED) is 0.421. The molecular weight excluding hydrogens is 508 g/mol. The molecule has 0 aliphatic carbocycles. The van der Waals surface area contributed by atoms with Gasteiger partial charge in [0.15, 0.2) is 6.10 Å². The molecule has 9 heteroatoms. The van der Waals surface area contributed by atoms with Crippen LogP contribution in [0.3, 0.4) is 0 Å².